The van der Waals surface area contributed by atoms with Crippen LogP contribution in [0.15, 0.2) is 4.99 Å². The van der Waals surface area contributed by atoms with E-state index in [1.807, 2.05) is 0 Å². The summed E-state index contributed by atoms with van der Waals surface area (Å²) in [5.41, 5.74) is 6.14. The molecule has 3 heteroatoms. The first-order chi connectivity index (χ1) is 6.42. The fourth-order valence-electron chi connectivity index (χ4n) is 2.05. The predicted octanol–water partition coefficient (Wildman–Crippen LogP) is 1.88. The first-order valence-electron chi connectivity index (χ1n) is 5.51. The molecule has 0 radical (unpaired) electrons. The fourth-order valence-corrected chi connectivity index (χ4v) is 2.05. The van der Waals surface area contributed by atoms with Crippen LogP contribution in [0.5, 0.6) is 0 Å². The van der Waals surface area contributed by atoms with E-state index in [2.05, 4.69) is 38.0 Å². The van der Waals surface area contributed by atoms with Crippen molar-refractivity contribution in [3.8, 4) is 0 Å². The Morgan fingerprint density at radius 3 is 2.57 bits per heavy atom. The van der Waals surface area contributed by atoms with Crippen molar-refractivity contribution in [3.63, 3.8) is 0 Å². The van der Waals surface area contributed by atoms with Crippen LogP contribution in [0, 0.1) is 5.41 Å². The van der Waals surface area contributed by atoms with Crippen molar-refractivity contribution >= 4 is 5.96 Å². The normalized spacial score (nSPS) is 26.9. The number of hydrogen-bond donors (Lipinski definition) is 2. The third-order valence-electron chi connectivity index (χ3n) is 2.93. The molecule has 3 nitrogen and oxygen atoms in total. The minimum atomic E-state index is 0.323. The Bertz CT molecular complexity index is 219. The molecule has 1 atom stereocenters. The van der Waals surface area contributed by atoms with Crippen LogP contribution < -0.4 is 11.1 Å². The van der Waals surface area contributed by atoms with E-state index in [4.69, 9.17) is 5.73 Å². The first kappa shape index (κ1) is 11.3. The summed E-state index contributed by atoms with van der Waals surface area (Å²) in [6.07, 6.45) is 3.71. The molecule has 1 aliphatic carbocycles. The third kappa shape index (κ3) is 2.89. The number of nitrogens with zero attached hydrogens (tertiary/aromatic N) is 1. The Kier molecular flexibility index (Phi) is 3.40. The quantitative estimate of drug-likeness (QED) is 0.524. The highest BCUT2D eigenvalue weighted by atomic mass is 15.1. The lowest BCUT2D eigenvalue weighted by Crippen LogP contribution is -2.38. The van der Waals surface area contributed by atoms with Gasteiger partial charge in [0.1, 0.15) is 0 Å². The summed E-state index contributed by atoms with van der Waals surface area (Å²) >= 11 is 0. The van der Waals surface area contributed by atoms with Gasteiger partial charge in [0, 0.05) is 6.04 Å². The van der Waals surface area contributed by atoms with E-state index >= 15 is 0 Å². The zero-order valence-corrected chi connectivity index (χ0v) is 9.80. The van der Waals surface area contributed by atoms with Crippen LogP contribution in [0.3, 0.4) is 0 Å². The maximum absolute atomic E-state index is 5.81. The van der Waals surface area contributed by atoms with E-state index in [0.717, 1.165) is 0 Å². The van der Waals surface area contributed by atoms with Gasteiger partial charge in [-0.25, -0.2) is 4.99 Å². The van der Waals surface area contributed by atoms with Crippen molar-refractivity contribution in [2.75, 3.05) is 0 Å². The van der Waals surface area contributed by atoms with E-state index in [9.17, 15) is 0 Å². The van der Waals surface area contributed by atoms with Gasteiger partial charge in [0.25, 0.3) is 0 Å². The van der Waals surface area contributed by atoms with Crippen molar-refractivity contribution in [2.45, 2.75) is 59.0 Å². The molecule has 1 saturated carbocycles. The largest absolute Gasteiger partial charge is 0.370 e. The van der Waals surface area contributed by atoms with E-state index < -0.39 is 0 Å². The van der Waals surface area contributed by atoms with Gasteiger partial charge < -0.3 is 11.1 Å². The first-order valence-corrected chi connectivity index (χ1v) is 5.51. The molecule has 1 fully saturated rings. The van der Waals surface area contributed by atoms with E-state index in [-0.39, 0.29) is 0 Å². The van der Waals surface area contributed by atoms with Crippen LogP contribution in [0.4, 0.5) is 0 Å². The van der Waals surface area contributed by atoms with E-state index in [0.29, 0.717) is 23.5 Å². The number of nitrogens with two attached hydrogens (primary N) is 1. The van der Waals surface area contributed by atoms with E-state index in [1.165, 1.54) is 19.3 Å². The molecule has 0 aromatic heterocycles. The highest BCUT2D eigenvalue weighted by molar-refractivity contribution is 5.78. The molecule has 1 rings (SSSR count). The average molecular weight is 197 g/mol. The smallest absolute Gasteiger partial charge is 0.189 e. The lowest BCUT2D eigenvalue weighted by Gasteiger charge is -2.24. The molecule has 82 valence electrons. The summed E-state index contributed by atoms with van der Waals surface area (Å²) < 4.78 is 0. The van der Waals surface area contributed by atoms with Crippen molar-refractivity contribution < 1.29 is 0 Å². The maximum Gasteiger partial charge on any atom is 0.189 e. The van der Waals surface area contributed by atoms with Crippen LogP contribution in [-0.2, 0) is 0 Å². The van der Waals surface area contributed by atoms with Gasteiger partial charge in [-0.2, -0.15) is 0 Å². The molecule has 0 spiro atoms. The third-order valence-corrected chi connectivity index (χ3v) is 2.93. The SMILES string of the molecule is CC(C)NC(N)=NC1CCCC1(C)C. The van der Waals surface area contributed by atoms with Crippen LogP contribution in [0.25, 0.3) is 0 Å². The van der Waals surface area contributed by atoms with Crippen LogP contribution in [0.2, 0.25) is 0 Å². The molecule has 0 bridgehead atoms. The zero-order valence-electron chi connectivity index (χ0n) is 9.80. The molecule has 3 N–H and O–H groups in total. The Morgan fingerprint density at radius 2 is 2.14 bits per heavy atom. The Labute approximate surface area is 87.2 Å². The van der Waals surface area contributed by atoms with Gasteiger partial charge in [-0.1, -0.05) is 20.3 Å². The van der Waals surface area contributed by atoms with Crippen LogP contribution in [0.1, 0.15) is 47.0 Å². The van der Waals surface area contributed by atoms with Crippen LogP contribution in [-0.4, -0.2) is 18.0 Å². The molecule has 0 aromatic carbocycles. The summed E-state index contributed by atoms with van der Waals surface area (Å²) in [5, 5.41) is 3.14. The number of hydrogen-bond acceptors (Lipinski definition) is 1. The minimum Gasteiger partial charge on any atom is -0.370 e. The molecule has 0 heterocycles. The molecule has 14 heavy (non-hydrogen) atoms. The molecule has 0 aliphatic heterocycles. The molecule has 1 aliphatic rings. The standard InChI is InChI=1S/C11H23N3/c1-8(2)13-10(12)14-9-6-5-7-11(9,3)4/h8-9H,5-7H2,1-4H3,(H3,12,13,14). The molecular formula is C11H23N3. The summed E-state index contributed by atoms with van der Waals surface area (Å²) in [5.74, 6) is 0.597. The second kappa shape index (κ2) is 4.20. The molecule has 0 saturated heterocycles. The van der Waals surface area contributed by atoms with Crippen LogP contribution >= 0.6 is 0 Å². The van der Waals surface area contributed by atoms with Crippen molar-refractivity contribution in [1.82, 2.24) is 5.32 Å². The van der Waals surface area contributed by atoms with Gasteiger partial charge in [0.05, 0.1) is 6.04 Å². The van der Waals surface area contributed by atoms with Gasteiger partial charge in [0.2, 0.25) is 0 Å². The Morgan fingerprint density at radius 1 is 1.50 bits per heavy atom. The highest BCUT2D eigenvalue weighted by Crippen LogP contribution is 2.39. The molecule has 0 amide bonds. The van der Waals surface area contributed by atoms with E-state index in [1.54, 1.807) is 0 Å². The Balaban J connectivity index is 2.57. The zero-order chi connectivity index (χ0) is 10.8. The van der Waals surface area contributed by atoms with Gasteiger partial charge in [-0.15, -0.1) is 0 Å². The van der Waals surface area contributed by atoms with Gasteiger partial charge in [-0.3, -0.25) is 0 Å². The van der Waals surface area contributed by atoms with Gasteiger partial charge >= 0.3 is 0 Å². The highest BCUT2D eigenvalue weighted by Gasteiger charge is 2.34. The monoisotopic (exact) mass is 197 g/mol. The van der Waals surface area contributed by atoms with Crippen molar-refractivity contribution in [1.29, 1.82) is 0 Å². The fraction of sp³-hybridized carbons (Fsp3) is 0.909. The average Bonchev–Trinajstić information content (AvgIpc) is 2.29. The molecular weight excluding hydrogens is 174 g/mol. The number of guanidine groups is 1. The molecule has 0 aromatic rings. The number of rotatable bonds is 2. The second-order valence-corrected chi connectivity index (χ2v) is 5.21. The second-order valence-electron chi connectivity index (χ2n) is 5.21. The van der Waals surface area contributed by atoms with Gasteiger partial charge in [-0.05, 0) is 32.1 Å². The number of nitrogens with one attached hydrogen (secondary N) is 1. The summed E-state index contributed by atoms with van der Waals surface area (Å²) in [4.78, 5) is 4.55. The minimum absolute atomic E-state index is 0.323. The van der Waals surface area contributed by atoms with Crippen molar-refractivity contribution in [2.24, 2.45) is 16.1 Å². The predicted molar refractivity (Wildman–Crippen MR) is 61.3 cm³/mol. The summed E-state index contributed by atoms with van der Waals surface area (Å²) in [7, 11) is 0. The summed E-state index contributed by atoms with van der Waals surface area (Å²) in [6.45, 7) is 8.69. The lowest BCUT2D eigenvalue weighted by atomic mass is 9.88. The number of aliphatic imine (C=N–C) groups is 1. The van der Waals surface area contributed by atoms with Gasteiger partial charge in [0.15, 0.2) is 5.96 Å². The van der Waals surface area contributed by atoms with Crippen molar-refractivity contribution in [3.05, 3.63) is 0 Å². The topological polar surface area (TPSA) is 50.4 Å². The summed E-state index contributed by atoms with van der Waals surface area (Å²) in [6, 6.07) is 0.761. The lowest BCUT2D eigenvalue weighted by molar-refractivity contribution is 0.333. The Hall–Kier alpha value is -0.730. The molecule has 1 unspecified atom stereocenters. The maximum atomic E-state index is 5.81.